The van der Waals surface area contributed by atoms with Crippen LogP contribution in [0.4, 0.5) is 4.79 Å². The van der Waals surface area contributed by atoms with E-state index in [2.05, 4.69) is 24.4 Å². The predicted molar refractivity (Wildman–Crippen MR) is 159 cm³/mol. The van der Waals surface area contributed by atoms with E-state index in [0.717, 1.165) is 28.7 Å². The van der Waals surface area contributed by atoms with E-state index in [1.54, 1.807) is 44.9 Å². The van der Waals surface area contributed by atoms with Crippen molar-refractivity contribution in [2.24, 2.45) is 0 Å². The second-order valence-electron chi connectivity index (χ2n) is 10.5. The maximum atomic E-state index is 12.4. The van der Waals surface area contributed by atoms with Crippen molar-refractivity contribution in [1.29, 1.82) is 0 Å². The fraction of sp³-hybridized carbons (Fsp3) is 0.333. The number of benzene rings is 3. The van der Waals surface area contributed by atoms with Crippen LogP contribution in [-0.2, 0) is 9.53 Å². The summed E-state index contributed by atoms with van der Waals surface area (Å²) in [5.74, 6) is 0.845. The van der Waals surface area contributed by atoms with E-state index in [-0.39, 0.29) is 24.6 Å². The molecule has 0 aliphatic rings. The fourth-order valence-electron chi connectivity index (χ4n) is 4.23. The van der Waals surface area contributed by atoms with Crippen molar-refractivity contribution in [2.45, 2.75) is 46.1 Å². The number of nitrogens with one attached hydrogen (secondary N) is 1. The van der Waals surface area contributed by atoms with Crippen molar-refractivity contribution >= 4 is 23.1 Å². The number of carbonyl (C=O) groups excluding carboxylic acids is 2. The first kappa shape index (κ1) is 30.3. The minimum absolute atomic E-state index is 0.0910. The zero-order valence-corrected chi connectivity index (χ0v) is 24.1. The molecule has 7 nitrogen and oxygen atoms in total. The van der Waals surface area contributed by atoms with Crippen molar-refractivity contribution in [3.63, 3.8) is 0 Å². The molecule has 0 aromatic heterocycles. The van der Waals surface area contributed by atoms with E-state index in [1.165, 1.54) is 5.57 Å². The number of hydrogen-bond donors (Lipinski definition) is 2. The predicted octanol–water partition coefficient (Wildman–Crippen LogP) is 6.51. The van der Waals surface area contributed by atoms with Crippen LogP contribution in [0.2, 0.25) is 0 Å². The molecule has 0 saturated carbocycles. The second kappa shape index (κ2) is 14.2. The second-order valence-corrected chi connectivity index (χ2v) is 10.5. The molecule has 0 unspecified atom stereocenters. The van der Waals surface area contributed by atoms with Crippen LogP contribution in [-0.4, -0.2) is 54.4 Å². The van der Waals surface area contributed by atoms with Crippen molar-refractivity contribution in [2.75, 3.05) is 26.7 Å². The van der Waals surface area contributed by atoms with Gasteiger partial charge in [0, 0.05) is 20.0 Å². The molecule has 3 aromatic carbocycles. The molecule has 0 aliphatic carbocycles. The molecule has 0 saturated heterocycles. The van der Waals surface area contributed by atoms with Crippen LogP contribution in [0.25, 0.3) is 11.1 Å². The van der Waals surface area contributed by atoms with E-state index in [9.17, 15) is 14.7 Å². The number of phenolic OH excluding ortho intramolecular Hbond substituents is 1. The molecule has 7 heteroatoms. The Morgan fingerprint density at radius 3 is 2.05 bits per heavy atom. The summed E-state index contributed by atoms with van der Waals surface area (Å²) >= 11 is 0. The number of amides is 2. The SMILES string of the molecule is CCC(=C(c1ccc(O)cc1)c1ccc(OCCN(C)C(=O)CCNC(=O)OC(C)(C)C)cc1)c1ccccc1. The lowest BCUT2D eigenvalue weighted by molar-refractivity contribution is -0.130. The highest BCUT2D eigenvalue weighted by atomic mass is 16.6. The van der Waals surface area contributed by atoms with Crippen molar-refractivity contribution in [3.05, 3.63) is 95.6 Å². The molecule has 3 rings (SSSR count). The average Bonchev–Trinajstić information content (AvgIpc) is 2.92. The van der Waals surface area contributed by atoms with Crippen LogP contribution in [0.1, 0.15) is 57.2 Å². The van der Waals surface area contributed by atoms with Gasteiger partial charge in [-0.25, -0.2) is 4.79 Å². The minimum Gasteiger partial charge on any atom is -0.508 e. The number of carbonyl (C=O) groups is 2. The summed E-state index contributed by atoms with van der Waals surface area (Å²) in [5, 5.41) is 12.4. The van der Waals surface area contributed by atoms with E-state index in [1.807, 2.05) is 54.6 Å². The molecule has 3 aromatic rings. The molecule has 0 fully saturated rings. The van der Waals surface area contributed by atoms with Gasteiger partial charge in [-0.1, -0.05) is 61.5 Å². The number of phenols is 1. The molecule has 0 heterocycles. The van der Waals surface area contributed by atoms with Crippen molar-refractivity contribution < 1.29 is 24.2 Å². The molecule has 0 spiro atoms. The molecule has 0 bridgehead atoms. The lowest BCUT2D eigenvalue weighted by Crippen LogP contribution is -2.36. The zero-order chi connectivity index (χ0) is 29.1. The minimum atomic E-state index is -0.579. The number of aromatic hydroxyl groups is 1. The largest absolute Gasteiger partial charge is 0.508 e. The molecule has 0 atom stereocenters. The first-order valence-corrected chi connectivity index (χ1v) is 13.6. The summed E-state index contributed by atoms with van der Waals surface area (Å²) in [7, 11) is 1.72. The smallest absolute Gasteiger partial charge is 0.407 e. The Labute approximate surface area is 237 Å². The molecule has 2 amide bonds. The summed E-state index contributed by atoms with van der Waals surface area (Å²) < 4.78 is 11.1. The average molecular weight is 545 g/mol. The van der Waals surface area contributed by atoms with Gasteiger partial charge in [0.15, 0.2) is 0 Å². The van der Waals surface area contributed by atoms with E-state index < -0.39 is 11.7 Å². The Kier molecular flexibility index (Phi) is 10.8. The summed E-state index contributed by atoms with van der Waals surface area (Å²) in [5.41, 5.74) is 4.95. The first-order valence-electron chi connectivity index (χ1n) is 13.6. The van der Waals surface area contributed by atoms with Gasteiger partial charge >= 0.3 is 6.09 Å². The van der Waals surface area contributed by atoms with Gasteiger partial charge in [0.1, 0.15) is 23.7 Å². The van der Waals surface area contributed by atoms with E-state index >= 15 is 0 Å². The Bertz CT molecular complexity index is 1280. The lowest BCUT2D eigenvalue weighted by atomic mass is 9.88. The highest BCUT2D eigenvalue weighted by Gasteiger charge is 2.17. The van der Waals surface area contributed by atoms with Gasteiger partial charge in [-0.15, -0.1) is 0 Å². The van der Waals surface area contributed by atoms with E-state index in [4.69, 9.17) is 9.47 Å². The zero-order valence-electron chi connectivity index (χ0n) is 24.1. The normalized spacial score (nSPS) is 11.8. The van der Waals surface area contributed by atoms with Crippen molar-refractivity contribution in [1.82, 2.24) is 10.2 Å². The fourth-order valence-corrected chi connectivity index (χ4v) is 4.23. The number of ether oxygens (including phenoxy) is 2. The van der Waals surface area contributed by atoms with Gasteiger partial charge in [-0.2, -0.15) is 0 Å². The molecule has 40 heavy (non-hydrogen) atoms. The molecule has 212 valence electrons. The number of rotatable bonds is 11. The Balaban J connectivity index is 1.62. The molecule has 2 N–H and O–H groups in total. The van der Waals surface area contributed by atoms with Crippen LogP contribution in [0.15, 0.2) is 78.9 Å². The first-order chi connectivity index (χ1) is 19.1. The van der Waals surface area contributed by atoms with Gasteiger partial charge in [0.25, 0.3) is 0 Å². The van der Waals surface area contributed by atoms with Gasteiger partial charge in [-0.3, -0.25) is 4.79 Å². The van der Waals surface area contributed by atoms with Crippen LogP contribution in [0, 0.1) is 0 Å². The van der Waals surface area contributed by atoms with Crippen molar-refractivity contribution in [3.8, 4) is 11.5 Å². The Hall–Kier alpha value is -4.26. The molecule has 0 radical (unpaired) electrons. The van der Waals surface area contributed by atoms with Gasteiger partial charge < -0.3 is 24.8 Å². The number of hydrogen-bond acceptors (Lipinski definition) is 5. The number of allylic oxidation sites excluding steroid dienone is 1. The third-order valence-corrected chi connectivity index (χ3v) is 6.20. The van der Waals surface area contributed by atoms with Crippen LogP contribution in [0.5, 0.6) is 11.5 Å². The van der Waals surface area contributed by atoms with Crippen LogP contribution in [0.3, 0.4) is 0 Å². The highest BCUT2D eigenvalue weighted by molar-refractivity contribution is 5.98. The summed E-state index contributed by atoms with van der Waals surface area (Å²) in [6.45, 7) is 8.48. The molecule has 0 aliphatic heterocycles. The number of nitrogens with zero attached hydrogens (tertiary/aromatic N) is 1. The molecular weight excluding hydrogens is 504 g/mol. The van der Waals surface area contributed by atoms with Gasteiger partial charge in [0.05, 0.1) is 6.54 Å². The quantitative estimate of drug-likeness (QED) is 0.269. The Morgan fingerprint density at radius 2 is 1.48 bits per heavy atom. The summed E-state index contributed by atoms with van der Waals surface area (Å²) in [6, 6.07) is 25.5. The van der Waals surface area contributed by atoms with Gasteiger partial charge in [-0.05, 0) is 79.3 Å². The van der Waals surface area contributed by atoms with E-state index in [0.29, 0.717) is 18.9 Å². The standard InChI is InChI=1S/C33H40N2O5/c1-6-29(24-10-8-7-9-11-24)31(25-12-16-27(36)17-13-25)26-14-18-28(19-15-26)39-23-22-35(5)30(37)20-21-34-32(38)40-33(2,3)4/h7-19,36H,6,20-23H2,1-5H3,(H,34,38). The summed E-state index contributed by atoms with van der Waals surface area (Å²) in [4.78, 5) is 25.7. The maximum absolute atomic E-state index is 12.4. The summed E-state index contributed by atoms with van der Waals surface area (Å²) in [6.07, 6.45) is 0.484. The van der Waals surface area contributed by atoms with Gasteiger partial charge in [0.2, 0.25) is 5.91 Å². The third kappa shape index (κ3) is 9.19. The monoisotopic (exact) mass is 544 g/mol. The topological polar surface area (TPSA) is 88.1 Å². The highest BCUT2D eigenvalue weighted by Crippen LogP contribution is 2.35. The molecular formula is C33H40N2O5. The lowest BCUT2D eigenvalue weighted by Gasteiger charge is -2.20. The Morgan fingerprint density at radius 1 is 0.875 bits per heavy atom. The third-order valence-electron chi connectivity index (χ3n) is 6.20. The number of likely N-dealkylation sites (N-methyl/N-ethyl adjacent to an activating group) is 1. The van der Waals surface area contributed by atoms with Crippen LogP contribution >= 0.6 is 0 Å². The maximum Gasteiger partial charge on any atom is 0.407 e. The van der Waals surface area contributed by atoms with Crippen LogP contribution < -0.4 is 10.1 Å². The number of alkyl carbamates (subject to hydrolysis) is 1.